The van der Waals surface area contributed by atoms with Crippen LogP contribution in [0.15, 0.2) is 41.5 Å². The maximum Gasteiger partial charge on any atom is 0.293 e. The van der Waals surface area contributed by atoms with Gasteiger partial charge in [-0.2, -0.15) is 0 Å². The second-order valence-corrected chi connectivity index (χ2v) is 5.74. The average molecular weight is 267 g/mol. The zero-order valence-corrected chi connectivity index (χ0v) is 11.2. The molecule has 1 heterocycles. The molecule has 2 aromatic rings. The van der Waals surface area contributed by atoms with Gasteiger partial charge in [0.1, 0.15) is 0 Å². The Hall–Kier alpha value is -2.10. The maximum atomic E-state index is 12.3. The van der Waals surface area contributed by atoms with E-state index in [1.54, 1.807) is 12.4 Å². The molecule has 0 unspecified atom stereocenters. The molecule has 0 saturated heterocycles. The van der Waals surface area contributed by atoms with Gasteiger partial charge in [0.05, 0.1) is 0 Å². The standard InChI is InChI=1S/C16H17N3O/c20-16-15(17-7-8-19(16)14-5-6-14)18-13-9-11-3-1-2-4-12(11)10-13/h1-4,7-8,13-14H,5-6,9-10H2,(H,17,18). The molecule has 1 saturated carbocycles. The van der Waals surface area contributed by atoms with E-state index in [1.807, 2.05) is 4.57 Å². The van der Waals surface area contributed by atoms with Crippen molar-refractivity contribution in [1.29, 1.82) is 0 Å². The third kappa shape index (κ3) is 2.01. The molecular formula is C16H17N3O. The quantitative estimate of drug-likeness (QED) is 0.927. The Labute approximate surface area is 117 Å². The summed E-state index contributed by atoms with van der Waals surface area (Å²) < 4.78 is 1.82. The molecule has 1 aromatic carbocycles. The minimum Gasteiger partial charge on any atom is -0.362 e. The number of aromatic nitrogens is 2. The molecule has 1 fully saturated rings. The SMILES string of the molecule is O=c1c(NC2Cc3ccccc3C2)nccn1C1CC1. The summed E-state index contributed by atoms with van der Waals surface area (Å²) in [5.74, 6) is 0.497. The number of benzene rings is 1. The Balaban J connectivity index is 1.56. The summed E-state index contributed by atoms with van der Waals surface area (Å²) in [7, 11) is 0. The van der Waals surface area contributed by atoms with Crippen molar-refractivity contribution >= 4 is 5.82 Å². The number of hydrogen-bond acceptors (Lipinski definition) is 3. The molecule has 4 heteroatoms. The van der Waals surface area contributed by atoms with E-state index in [2.05, 4.69) is 34.6 Å². The normalized spacial score (nSPS) is 18.0. The second-order valence-electron chi connectivity index (χ2n) is 5.74. The highest BCUT2D eigenvalue weighted by molar-refractivity contribution is 5.40. The molecule has 1 N–H and O–H groups in total. The van der Waals surface area contributed by atoms with E-state index in [-0.39, 0.29) is 11.6 Å². The summed E-state index contributed by atoms with van der Waals surface area (Å²) in [6.45, 7) is 0. The first-order chi connectivity index (χ1) is 9.81. The molecule has 0 bridgehead atoms. The van der Waals surface area contributed by atoms with Crippen LogP contribution in [0.25, 0.3) is 0 Å². The maximum absolute atomic E-state index is 12.3. The molecule has 0 amide bonds. The van der Waals surface area contributed by atoms with Crippen LogP contribution in [0.1, 0.15) is 30.0 Å². The number of nitrogens with one attached hydrogen (secondary N) is 1. The topological polar surface area (TPSA) is 46.9 Å². The molecule has 2 aliphatic carbocycles. The van der Waals surface area contributed by atoms with Gasteiger partial charge in [-0.25, -0.2) is 4.98 Å². The summed E-state index contributed by atoms with van der Waals surface area (Å²) in [5.41, 5.74) is 2.78. The van der Waals surface area contributed by atoms with Gasteiger partial charge >= 0.3 is 0 Å². The van der Waals surface area contributed by atoms with Crippen molar-refractivity contribution in [2.75, 3.05) is 5.32 Å². The Morgan fingerprint density at radius 1 is 1.15 bits per heavy atom. The van der Waals surface area contributed by atoms with Crippen molar-refractivity contribution in [1.82, 2.24) is 9.55 Å². The Bertz CT molecular complexity index is 678. The Kier molecular flexibility index (Phi) is 2.62. The van der Waals surface area contributed by atoms with Gasteiger partial charge in [-0.05, 0) is 36.8 Å². The van der Waals surface area contributed by atoms with E-state index >= 15 is 0 Å². The van der Waals surface area contributed by atoms with Gasteiger partial charge in [0, 0.05) is 24.5 Å². The van der Waals surface area contributed by atoms with Crippen LogP contribution in [0.2, 0.25) is 0 Å². The lowest BCUT2D eigenvalue weighted by molar-refractivity contribution is 0.690. The van der Waals surface area contributed by atoms with E-state index in [4.69, 9.17) is 0 Å². The summed E-state index contributed by atoms with van der Waals surface area (Å²) in [6.07, 6.45) is 7.68. The van der Waals surface area contributed by atoms with Gasteiger partial charge in [0.15, 0.2) is 5.82 Å². The van der Waals surface area contributed by atoms with Crippen molar-refractivity contribution in [3.05, 3.63) is 58.1 Å². The fourth-order valence-electron chi connectivity index (χ4n) is 3.02. The predicted molar refractivity (Wildman–Crippen MR) is 78.0 cm³/mol. The van der Waals surface area contributed by atoms with Crippen LogP contribution < -0.4 is 10.9 Å². The van der Waals surface area contributed by atoms with Crippen molar-refractivity contribution in [2.24, 2.45) is 0 Å². The Morgan fingerprint density at radius 2 is 1.85 bits per heavy atom. The largest absolute Gasteiger partial charge is 0.362 e. The van der Waals surface area contributed by atoms with E-state index in [0.717, 1.165) is 25.7 Å². The molecule has 2 aliphatic rings. The highest BCUT2D eigenvalue weighted by Gasteiger charge is 2.26. The highest BCUT2D eigenvalue weighted by atomic mass is 16.1. The molecule has 20 heavy (non-hydrogen) atoms. The minimum absolute atomic E-state index is 0.0194. The Morgan fingerprint density at radius 3 is 2.50 bits per heavy atom. The zero-order valence-electron chi connectivity index (χ0n) is 11.2. The van der Waals surface area contributed by atoms with Crippen LogP contribution in [-0.4, -0.2) is 15.6 Å². The van der Waals surface area contributed by atoms with Crippen LogP contribution in [0.3, 0.4) is 0 Å². The number of anilines is 1. The summed E-state index contributed by atoms with van der Waals surface area (Å²) in [6, 6.07) is 9.15. The number of nitrogens with zero attached hydrogens (tertiary/aromatic N) is 2. The number of fused-ring (bicyclic) bond motifs is 1. The fraction of sp³-hybridized carbons (Fsp3) is 0.375. The van der Waals surface area contributed by atoms with E-state index < -0.39 is 0 Å². The van der Waals surface area contributed by atoms with Gasteiger partial charge in [-0.15, -0.1) is 0 Å². The lowest BCUT2D eigenvalue weighted by Crippen LogP contribution is -2.29. The molecule has 0 spiro atoms. The number of rotatable bonds is 3. The van der Waals surface area contributed by atoms with Crippen molar-refractivity contribution in [3.8, 4) is 0 Å². The summed E-state index contributed by atoms with van der Waals surface area (Å²) in [4.78, 5) is 16.6. The summed E-state index contributed by atoms with van der Waals surface area (Å²) >= 11 is 0. The van der Waals surface area contributed by atoms with Crippen LogP contribution in [0, 0.1) is 0 Å². The molecule has 4 nitrogen and oxygen atoms in total. The van der Waals surface area contributed by atoms with E-state index in [1.165, 1.54) is 11.1 Å². The zero-order chi connectivity index (χ0) is 13.5. The second kappa shape index (κ2) is 4.47. The first kappa shape index (κ1) is 11.7. The van der Waals surface area contributed by atoms with Gasteiger partial charge in [0.2, 0.25) is 0 Å². The van der Waals surface area contributed by atoms with Crippen LogP contribution in [0.5, 0.6) is 0 Å². The third-order valence-electron chi connectivity index (χ3n) is 4.20. The van der Waals surface area contributed by atoms with Crippen LogP contribution in [-0.2, 0) is 12.8 Å². The van der Waals surface area contributed by atoms with Gasteiger partial charge in [-0.1, -0.05) is 24.3 Å². The molecular weight excluding hydrogens is 250 g/mol. The van der Waals surface area contributed by atoms with Gasteiger partial charge in [0.25, 0.3) is 5.56 Å². The predicted octanol–water partition coefficient (Wildman–Crippen LogP) is 2.16. The van der Waals surface area contributed by atoms with Crippen molar-refractivity contribution in [3.63, 3.8) is 0 Å². The lowest BCUT2D eigenvalue weighted by Gasteiger charge is -2.13. The van der Waals surface area contributed by atoms with Crippen LogP contribution >= 0.6 is 0 Å². The van der Waals surface area contributed by atoms with E-state index in [9.17, 15) is 4.79 Å². The first-order valence-corrected chi connectivity index (χ1v) is 7.22. The highest BCUT2D eigenvalue weighted by Crippen LogP contribution is 2.33. The molecule has 4 rings (SSSR count). The third-order valence-corrected chi connectivity index (χ3v) is 4.20. The van der Waals surface area contributed by atoms with E-state index in [0.29, 0.717) is 11.9 Å². The molecule has 0 aliphatic heterocycles. The minimum atomic E-state index is 0.0194. The molecule has 1 aromatic heterocycles. The van der Waals surface area contributed by atoms with Crippen LogP contribution in [0.4, 0.5) is 5.82 Å². The first-order valence-electron chi connectivity index (χ1n) is 7.22. The van der Waals surface area contributed by atoms with Gasteiger partial charge < -0.3 is 9.88 Å². The smallest absolute Gasteiger partial charge is 0.293 e. The fourth-order valence-corrected chi connectivity index (χ4v) is 3.02. The van der Waals surface area contributed by atoms with Crippen molar-refractivity contribution < 1.29 is 0 Å². The lowest BCUT2D eigenvalue weighted by atomic mass is 10.1. The number of hydrogen-bond donors (Lipinski definition) is 1. The summed E-state index contributed by atoms with van der Waals surface area (Å²) in [5, 5.41) is 3.33. The molecule has 102 valence electrons. The average Bonchev–Trinajstić information content (AvgIpc) is 3.21. The monoisotopic (exact) mass is 267 g/mol. The molecule has 0 radical (unpaired) electrons. The molecule has 0 atom stereocenters. The van der Waals surface area contributed by atoms with Gasteiger partial charge in [-0.3, -0.25) is 4.79 Å². The van der Waals surface area contributed by atoms with Crippen molar-refractivity contribution in [2.45, 2.75) is 37.8 Å².